The average molecular weight is 415 g/mol. The second-order valence-corrected chi connectivity index (χ2v) is 8.00. The topological polar surface area (TPSA) is 88.1 Å². The number of ether oxygens (including phenoxy) is 1. The monoisotopic (exact) mass is 415 g/mol. The summed E-state index contributed by atoms with van der Waals surface area (Å²) in [4.78, 5) is 37.3. The lowest BCUT2D eigenvalue weighted by atomic mass is 9.85. The van der Waals surface area contributed by atoms with E-state index in [1.165, 1.54) is 6.21 Å². The maximum atomic E-state index is 12.6. The Morgan fingerprint density at radius 3 is 2.29 bits per heavy atom. The number of carbonyl (C=O) groups is 3. The molecule has 31 heavy (non-hydrogen) atoms. The van der Waals surface area contributed by atoms with Crippen LogP contribution in [0.1, 0.15) is 12.0 Å². The van der Waals surface area contributed by atoms with E-state index in [1.54, 1.807) is 36.4 Å². The number of hydrogen-bond donors (Lipinski definition) is 1. The van der Waals surface area contributed by atoms with E-state index in [1.807, 2.05) is 18.2 Å². The van der Waals surface area contributed by atoms with Crippen LogP contribution in [0, 0.1) is 23.7 Å². The van der Waals surface area contributed by atoms with Crippen molar-refractivity contribution in [2.45, 2.75) is 6.42 Å². The van der Waals surface area contributed by atoms with Gasteiger partial charge in [-0.2, -0.15) is 10.1 Å². The molecule has 2 aromatic carbocycles. The molecule has 2 aliphatic carbocycles. The van der Waals surface area contributed by atoms with Gasteiger partial charge in [0.05, 0.1) is 18.1 Å². The third-order valence-corrected chi connectivity index (χ3v) is 6.08. The van der Waals surface area contributed by atoms with Crippen molar-refractivity contribution in [3.05, 3.63) is 72.3 Å². The lowest BCUT2D eigenvalue weighted by Gasteiger charge is -2.13. The van der Waals surface area contributed by atoms with Gasteiger partial charge in [-0.15, -0.1) is 0 Å². The first-order valence-electron chi connectivity index (χ1n) is 10.3. The van der Waals surface area contributed by atoms with E-state index in [9.17, 15) is 14.4 Å². The number of imide groups is 1. The lowest BCUT2D eigenvalue weighted by Crippen LogP contribution is -2.28. The van der Waals surface area contributed by atoms with Crippen molar-refractivity contribution in [2.24, 2.45) is 28.8 Å². The van der Waals surface area contributed by atoms with Crippen molar-refractivity contribution < 1.29 is 19.1 Å². The van der Waals surface area contributed by atoms with E-state index in [-0.39, 0.29) is 48.0 Å². The Hall–Kier alpha value is -3.74. The Kier molecular flexibility index (Phi) is 4.86. The number of anilines is 1. The highest BCUT2D eigenvalue weighted by Gasteiger charge is 2.59. The smallest absolute Gasteiger partial charge is 0.262 e. The van der Waals surface area contributed by atoms with E-state index in [4.69, 9.17) is 4.74 Å². The molecule has 1 saturated heterocycles. The molecule has 5 rings (SSSR count). The fourth-order valence-corrected chi connectivity index (χ4v) is 4.64. The molecule has 0 unspecified atom stereocenters. The molecule has 0 spiro atoms. The highest BCUT2D eigenvalue weighted by atomic mass is 16.5. The van der Waals surface area contributed by atoms with Crippen LogP contribution in [0.2, 0.25) is 0 Å². The van der Waals surface area contributed by atoms with Crippen LogP contribution in [-0.4, -0.2) is 35.6 Å². The minimum Gasteiger partial charge on any atom is -0.484 e. The fourth-order valence-electron chi connectivity index (χ4n) is 4.64. The van der Waals surface area contributed by atoms with Crippen molar-refractivity contribution in [2.75, 3.05) is 11.9 Å². The van der Waals surface area contributed by atoms with Gasteiger partial charge >= 0.3 is 0 Å². The van der Waals surface area contributed by atoms with Gasteiger partial charge in [-0.25, -0.2) is 0 Å². The molecule has 7 nitrogen and oxygen atoms in total. The number of nitrogens with one attached hydrogen (secondary N) is 1. The van der Waals surface area contributed by atoms with E-state index < -0.39 is 0 Å². The number of fused-ring (bicyclic) bond motifs is 5. The Balaban J connectivity index is 1.16. The van der Waals surface area contributed by atoms with Crippen LogP contribution in [0.25, 0.3) is 0 Å². The second kappa shape index (κ2) is 7.83. The Labute approximate surface area is 179 Å². The summed E-state index contributed by atoms with van der Waals surface area (Å²) in [5.74, 6) is -0.290. The molecular formula is C24H21N3O4. The van der Waals surface area contributed by atoms with Gasteiger partial charge < -0.3 is 10.1 Å². The van der Waals surface area contributed by atoms with Gasteiger partial charge in [-0.3, -0.25) is 14.4 Å². The Morgan fingerprint density at radius 2 is 1.65 bits per heavy atom. The molecule has 1 N–H and O–H groups in total. The van der Waals surface area contributed by atoms with Crippen molar-refractivity contribution in [1.82, 2.24) is 5.01 Å². The average Bonchev–Trinajstić information content (AvgIpc) is 3.47. The highest BCUT2D eigenvalue weighted by molar-refractivity contribution is 6.06. The zero-order chi connectivity index (χ0) is 21.4. The molecule has 2 fully saturated rings. The summed E-state index contributed by atoms with van der Waals surface area (Å²) in [5.41, 5.74) is 1.43. The third-order valence-electron chi connectivity index (χ3n) is 6.08. The molecule has 1 heterocycles. The molecule has 3 amide bonds. The summed E-state index contributed by atoms with van der Waals surface area (Å²) < 4.78 is 5.51. The number of rotatable bonds is 6. The van der Waals surface area contributed by atoms with Crippen LogP contribution >= 0.6 is 0 Å². The first-order valence-corrected chi connectivity index (χ1v) is 10.3. The van der Waals surface area contributed by atoms with Gasteiger partial charge in [0.25, 0.3) is 17.7 Å². The number of carbonyl (C=O) groups excluding carboxylic acids is 3. The van der Waals surface area contributed by atoms with Crippen LogP contribution in [0.5, 0.6) is 5.75 Å². The first-order chi connectivity index (χ1) is 15.1. The minimum atomic E-state index is -0.253. The third kappa shape index (κ3) is 3.63. The van der Waals surface area contributed by atoms with Crippen molar-refractivity contribution in [3.8, 4) is 5.75 Å². The number of para-hydroxylation sites is 1. The van der Waals surface area contributed by atoms with Crippen molar-refractivity contribution in [3.63, 3.8) is 0 Å². The number of allylic oxidation sites excluding steroid dienone is 2. The minimum absolute atomic E-state index is 0.113. The maximum Gasteiger partial charge on any atom is 0.262 e. The van der Waals surface area contributed by atoms with E-state index in [2.05, 4.69) is 22.6 Å². The molecule has 0 aromatic heterocycles. The molecule has 156 valence electrons. The lowest BCUT2D eigenvalue weighted by molar-refractivity contribution is -0.140. The number of hydrazone groups is 1. The van der Waals surface area contributed by atoms with Gasteiger partial charge in [-0.05, 0) is 60.2 Å². The first kappa shape index (κ1) is 19.2. The van der Waals surface area contributed by atoms with Gasteiger partial charge in [0.2, 0.25) is 0 Å². The predicted octanol–water partition coefficient (Wildman–Crippen LogP) is 2.85. The Morgan fingerprint density at radius 1 is 1.00 bits per heavy atom. The summed E-state index contributed by atoms with van der Waals surface area (Å²) in [6.07, 6.45) is 6.51. The van der Waals surface area contributed by atoms with Crippen LogP contribution in [0.3, 0.4) is 0 Å². The maximum absolute atomic E-state index is 12.6. The fraction of sp³-hybridized carbons (Fsp3) is 0.250. The molecular weight excluding hydrogens is 394 g/mol. The van der Waals surface area contributed by atoms with E-state index >= 15 is 0 Å². The van der Waals surface area contributed by atoms with Crippen LogP contribution < -0.4 is 10.1 Å². The largest absolute Gasteiger partial charge is 0.484 e. The number of amides is 3. The summed E-state index contributed by atoms with van der Waals surface area (Å²) in [5, 5.41) is 7.94. The van der Waals surface area contributed by atoms with E-state index in [0.29, 0.717) is 11.4 Å². The molecule has 4 atom stereocenters. The summed E-state index contributed by atoms with van der Waals surface area (Å²) in [6, 6.07) is 16.1. The molecule has 2 bridgehead atoms. The summed E-state index contributed by atoms with van der Waals surface area (Å²) >= 11 is 0. The molecule has 3 aliphatic rings. The number of benzene rings is 2. The van der Waals surface area contributed by atoms with Crippen LogP contribution in [-0.2, 0) is 14.4 Å². The summed E-state index contributed by atoms with van der Waals surface area (Å²) in [7, 11) is 0. The molecule has 2 aromatic rings. The second-order valence-electron chi connectivity index (χ2n) is 8.00. The van der Waals surface area contributed by atoms with Gasteiger partial charge in [0.15, 0.2) is 6.61 Å². The zero-order valence-corrected chi connectivity index (χ0v) is 16.7. The van der Waals surface area contributed by atoms with Crippen molar-refractivity contribution >= 4 is 29.6 Å². The van der Waals surface area contributed by atoms with Crippen LogP contribution in [0.15, 0.2) is 71.9 Å². The highest BCUT2D eigenvalue weighted by Crippen LogP contribution is 2.52. The normalized spacial score (nSPS) is 26.0. The van der Waals surface area contributed by atoms with Crippen LogP contribution in [0.4, 0.5) is 5.69 Å². The quantitative estimate of drug-likeness (QED) is 0.446. The summed E-state index contributed by atoms with van der Waals surface area (Å²) in [6.45, 7) is -0.113. The molecule has 1 saturated carbocycles. The van der Waals surface area contributed by atoms with Gasteiger partial charge in [-0.1, -0.05) is 30.4 Å². The predicted molar refractivity (Wildman–Crippen MR) is 114 cm³/mol. The number of hydrogen-bond acceptors (Lipinski definition) is 5. The van der Waals surface area contributed by atoms with Gasteiger partial charge in [0, 0.05) is 5.69 Å². The van der Waals surface area contributed by atoms with E-state index in [0.717, 1.165) is 17.0 Å². The zero-order valence-electron chi connectivity index (χ0n) is 16.7. The standard InChI is InChI=1S/C24H21N3O4/c28-20(26-18-4-2-1-3-5-18)14-31-19-10-6-15(7-11-19)13-25-27-23(29)21-16-8-9-17(12-16)22(21)24(27)30/h1-11,13,16-17,21-22H,12,14H2,(H,26,28)/t16-,17-,21-,22+/m0/s1. The Bertz CT molecular complexity index is 1050. The molecule has 1 aliphatic heterocycles. The number of nitrogens with zero attached hydrogens (tertiary/aromatic N) is 2. The molecule has 7 heteroatoms. The van der Waals surface area contributed by atoms with Gasteiger partial charge in [0.1, 0.15) is 5.75 Å². The SMILES string of the molecule is O=C(COc1ccc(C=NN2C(=O)[C@@H]3[C@H](C2=O)[C@H]2C=C[C@H]3C2)cc1)Nc1ccccc1. The van der Waals surface area contributed by atoms with Crippen molar-refractivity contribution in [1.29, 1.82) is 0 Å². The molecule has 0 radical (unpaired) electrons.